The van der Waals surface area contributed by atoms with Crippen LogP contribution in [0.2, 0.25) is 0 Å². The zero-order valence-corrected chi connectivity index (χ0v) is 14.9. The van der Waals surface area contributed by atoms with Gasteiger partial charge in [-0.1, -0.05) is 30.3 Å². The molecule has 0 amide bonds. The molecule has 0 saturated heterocycles. The Morgan fingerprint density at radius 1 is 0.923 bits per heavy atom. The molecule has 0 aliphatic heterocycles. The summed E-state index contributed by atoms with van der Waals surface area (Å²) < 4.78 is 0. The van der Waals surface area contributed by atoms with Gasteiger partial charge in [0, 0.05) is 50.2 Å². The Bertz CT molecular complexity index is 831. The first-order chi connectivity index (χ1) is 12.8. The minimum Gasteiger partial charge on any atom is -0.356 e. The number of guanidine groups is 1. The third-order valence-electron chi connectivity index (χ3n) is 3.97. The van der Waals surface area contributed by atoms with Crippen molar-refractivity contribution in [3.63, 3.8) is 0 Å². The highest BCUT2D eigenvalue weighted by molar-refractivity contribution is 5.79. The number of benzene rings is 1. The van der Waals surface area contributed by atoms with Gasteiger partial charge in [-0.25, -0.2) is 0 Å². The molecule has 5 heteroatoms. The summed E-state index contributed by atoms with van der Waals surface area (Å²) in [5.41, 5.74) is 4.34. The van der Waals surface area contributed by atoms with Crippen LogP contribution in [0.1, 0.15) is 11.3 Å². The number of hydrogen-bond donors (Lipinski definition) is 2. The average molecular weight is 345 g/mol. The van der Waals surface area contributed by atoms with Crippen LogP contribution < -0.4 is 10.6 Å². The fraction of sp³-hybridized carbons (Fsp3) is 0.190. The molecule has 0 aliphatic rings. The van der Waals surface area contributed by atoms with E-state index in [-0.39, 0.29) is 0 Å². The van der Waals surface area contributed by atoms with Crippen molar-refractivity contribution in [1.29, 1.82) is 0 Å². The Hall–Kier alpha value is -3.21. The van der Waals surface area contributed by atoms with E-state index in [2.05, 4.69) is 49.9 Å². The molecule has 2 N–H and O–H groups in total. The van der Waals surface area contributed by atoms with E-state index < -0.39 is 0 Å². The summed E-state index contributed by atoms with van der Waals surface area (Å²) in [6.45, 7) is 1.48. The number of aliphatic imine (C=N–C) groups is 1. The molecule has 0 aliphatic carbocycles. The Morgan fingerprint density at radius 2 is 1.77 bits per heavy atom. The van der Waals surface area contributed by atoms with Crippen molar-refractivity contribution in [3.8, 4) is 11.3 Å². The first-order valence-corrected chi connectivity index (χ1v) is 8.70. The quantitative estimate of drug-likeness (QED) is 0.532. The summed E-state index contributed by atoms with van der Waals surface area (Å²) in [4.78, 5) is 13.0. The lowest BCUT2D eigenvalue weighted by molar-refractivity contribution is 0.784. The molecular formula is C21H23N5. The molecule has 0 fully saturated rings. The van der Waals surface area contributed by atoms with Crippen LogP contribution in [-0.2, 0) is 13.0 Å². The van der Waals surface area contributed by atoms with Gasteiger partial charge in [0.05, 0.1) is 5.69 Å². The molecule has 3 rings (SSSR count). The van der Waals surface area contributed by atoms with Crippen LogP contribution in [0.5, 0.6) is 0 Å². The average Bonchev–Trinajstić information content (AvgIpc) is 2.72. The van der Waals surface area contributed by atoms with Gasteiger partial charge in [-0.2, -0.15) is 0 Å². The molecule has 0 spiro atoms. The minimum atomic E-state index is 0.698. The van der Waals surface area contributed by atoms with E-state index in [1.54, 1.807) is 7.05 Å². The summed E-state index contributed by atoms with van der Waals surface area (Å²) in [6, 6.07) is 20.3. The normalized spacial score (nSPS) is 11.2. The highest BCUT2D eigenvalue weighted by atomic mass is 15.2. The molecule has 2 aromatic heterocycles. The largest absolute Gasteiger partial charge is 0.356 e. The predicted molar refractivity (Wildman–Crippen MR) is 106 cm³/mol. The molecule has 0 radical (unpaired) electrons. The second kappa shape index (κ2) is 9.32. The molecule has 1 aromatic carbocycles. The van der Waals surface area contributed by atoms with Gasteiger partial charge in [-0.05, 0) is 35.9 Å². The van der Waals surface area contributed by atoms with Crippen LogP contribution in [0.4, 0.5) is 0 Å². The number of hydrogen-bond acceptors (Lipinski definition) is 3. The highest BCUT2D eigenvalue weighted by Gasteiger charge is 2.02. The van der Waals surface area contributed by atoms with Crippen LogP contribution in [0.15, 0.2) is 78.0 Å². The summed E-state index contributed by atoms with van der Waals surface area (Å²) >= 11 is 0. The molecule has 0 saturated carbocycles. The Labute approximate surface area is 154 Å². The van der Waals surface area contributed by atoms with Crippen LogP contribution in [0.25, 0.3) is 11.3 Å². The van der Waals surface area contributed by atoms with Crippen LogP contribution in [0, 0.1) is 0 Å². The summed E-state index contributed by atoms with van der Waals surface area (Å²) in [5.74, 6) is 0.782. The maximum atomic E-state index is 4.41. The number of aromatic nitrogens is 2. The van der Waals surface area contributed by atoms with Crippen molar-refractivity contribution in [2.45, 2.75) is 13.0 Å². The SMILES string of the molecule is CN=C(NCCc1ccccn1)NCc1cccc(-c2ccccn2)c1. The van der Waals surface area contributed by atoms with Crippen LogP contribution >= 0.6 is 0 Å². The smallest absolute Gasteiger partial charge is 0.191 e. The first kappa shape index (κ1) is 17.6. The second-order valence-electron chi connectivity index (χ2n) is 5.84. The van der Waals surface area contributed by atoms with Gasteiger partial charge in [0.1, 0.15) is 0 Å². The van der Waals surface area contributed by atoms with Crippen molar-refractivity contribution in [1.82, 2.24) is 20.6 Å². The van der Waals surface area contributed by atoms with E-state index in [9.17, 15) is 0 Å². The maximum Gasteiger partial charge on any atom is 0.191 e. The van der Waals surface area contributed by atoms with Gasteiger partial charge in [0.15, 0.2) is 5.96 Å². The topological polar surface area (TPSA) is 62.2 Å². The Balaban J connectivity index is 1.52. The Morgan fingerprint density at radius 3 is 2.50 bits per heavy atom. The van der Waals surface area contributed by atoms with E-state index in [0.29, 0.717) is 6.54 Å². The standard InChI is InChI=1S/C21H23N5/c1-22-21(25-14-11-19-9-2-4-12-23-19)26-16-17-7-6-8-18(15-17)20-10-3-5-13-24-20/h2-10,12-13,15H,11,14,16H2,1H3,(H2,22,25,26). The van der Waals surface area contributed by atoms with E-state index in [0.717, 1.165) is 35.9 Å². The molecule has 0 unspecified atom stereocenters. The minimum absolute atomic E-state index is 0.698. The zero-order valence-electron chi connectivity index (χ0n) is 14.9. The van der Waals surface area contributed by atoms with Gasteiger partial charge in [-0.3, -0.25) is 15.0 Å². The van der Waals surface area contributed by atoms with Crippen LogP contribution in [-0.4, -0.2) is 29.5 Å². The predicted octanol–water partition coefficient (Wildman–Crippen LogP) is 3.05. The van der Waals surface area contributed by atoms with Gasteiger partial charge < -0.3 is 10.6 Å². The summed E-state index contributed by atoms with van der Waals surface area (Å²) in [7, 11) is 1.78. The van der Waals surface area contributed by atoms with Gasteiger partial charge >= 0.3 is 0 Å². The molecule has 26 heavy (non-hydrogen) atoms. The molecule has 0 atom stereocenters. The van der Waals surface area contributed by atoms with Crippen molar-refractivity contribution >= 4 is 5.96 Å². The molecule has 2 heterocycles. The van der Waals surface area contributed by atoms with Crippen molar-refractivity contribution in [3.05, 3.63) is 84.3 Å². The fourth-order valence-electron chi connectivity index (χ4n) is 2.64. The third kappa shape index (κ3) is 5.14. The van der Waals surface area contributed by atoms with E-state index >= 15 is 0 Å². The lowest BCUT2D eigenvalue weighted by Gasteiger charge is -2.12. The zero-order chi connectivity index (χ0) is 18.0. The van der Waals surface area contributed by atoms with Gasteiger partial charge in [-0.15, -0.1) is 0 Å². The van der Waals surface area contributed by atoms with E-state index in [4.69, 9.17) is 0 Å². The number of pyridine rings is 2. The molecule has 3 aromatic rings. The maximum absolute atomic E-state index is 4.41. The van der Waals surface area contributed by atoms with Crippen molar-refractivity contribution in [2.24, 2.45) is 4.99 Å². The van der Waals surface area contributed by atoms with Crippen LogP contribution in [0.3, 0.4) is 0 Å². The third-order valence-corrected chi connectivity index (χ3v) is 3.97. The molecular weight excluding hydrogens is 322 g/mol. The van der Waals surface area contributed by atoms with Crippen molar-refractivity contribution < 1.29 is 0 Å². The summed E-state index contributed by atoms with van der Waals surface area (Å²) in [5, 5.41) is 6.67. The van der Waals surface area contributed by atoms with E-state index in [1.165, 1.54) is 5.56 Å². The van der Waals surface area contributed by atoms with Gasteiger partial charge in [0.25, 0.3) is 0 Å². The number of rotatable bonds is 6. The fourth-order valence-corrected chi connectivity index (χ4v) is 2.64. The summed E-state index contributed by atoms with van der Waals surface area (Å²) in [6.07, 6.45) is 4.49. The lowest BCUT2D eigenvalue weighted by atomic mass is 10.1. The number of nitrogens with zero attached hydrogens (tertiary/aromatic N) is 3. The highest BCUT2D eigenvalue weighted by Crippen LogP contribution is 2.17. The molecule has 132 valence electrons. The monoisotopic (exact) mass is 345 g/mol. The van der Waals surface area contributed by atoms with E-state index in [1.807, 2.05) is 48.8 Å². The first-order valence-electron chi connectivity index (χ1n) is 8.70. The molecule has 0 bridgehead atoms. The molecule has 5 nitrogen and oxygen atoms in total. The van der Waals surface area contributed by atoms with Crippen molar-refractivity contribution in [2.75, 3.05) is 13.6 Å². The number of nitrogens with one attached hydrogen (secondary N) is 2. The Kier molecular flexibility index (Phi) is 6.31. The second-order valence-corrected chi connectivity index (χ2v) is 5.84. The van der Waals surface area contributed by atoms with Gasteiger partial charge in [0.2, 0.25) is 0 Å². The lowest BCUT2D eigenvalue weighted by Crippen LogP contribution is -2.37.